The van der Waals surface area contributed by atoms with Crippen LogP contribution in [-0.2, 0) is 0 Å². The van der Waals surface area contributed by atoms with Crippen LogP contribution in [0.1, 0.15) is 22.5 Å². The summed E-state index contributed by atoms with van der Waals surface area (Å²) in [5.74, 6) is -0.0932. The van der Waals surface area contributed by atoms with E-state index in [-0.39, 0.29) is 11.7 Å². The molecule has 1 amide bonds. The summed E-state index contributed by atoms with van der Waals surface area (Å²) in [7, 11) is 0. The van der Waals surface area contributed by atoms with Crippen molar-refractivity contribution in [2.45, 2.75) is 13.3 Å². The van der Waals surface area contributed by atoms with Crippen LogP contribution in [0.15, 0.2) is 12.1 Å². The van der Waals surface area contributed by atoms with Gasteiger partial charge in [0.05, 0.1) is 28.4 Å². The number of hydrogen-bond acceptors (Lipinski definition) is 2. The van der Waals surface area contributed by atoms with Gasteiger partial charge in [-0.15, -0.1) is 0 Å². The molecule has 1 aliphatic heterocycles. The molecule has 1 N–H and O–H groups in total. The molecule has 2 aromatic rings. The summed E-state index contributed by atoms with van der Waals surface area (Å²) in [6, 6.07) is 3.39. The number of amides is 1. The van der Waals surface area contributed by atoms with E-state index in [2.05, 4.69) is 31.3 Å². The smallest absolute Gasteiger partial charge is 0.268 e. The van der Waals surface area contributed by atoms with Gasteiger partial charge in [-0.25, -0.2) is 7.50 Å². The van der Waals surface area contributed by atoms with Crippen molar-refractivity contribution < 1.29 is 9.18 Å². The molecule has 4 nitrogen and oxygen atoms in total. The quantitative estimate of drug-likeness (QED) is 0.448. The monoisotopic (exact) mass is 561 g/mol. The molecule has 1 atom stereocenters. The van der Waals surface area contributed by atoms with Crippen LogP contribution >= 0.6 is 57.3 Å². The highest BCUT2D eigenvalue weighted by atomic mass is 127. The molecule has 3 rings (SSSR count). The molecular formula is C15H15ClFI2N3O. The van der Waals surface area contributed by atoms with Crippen molar-refractivity contribution in [3.05, 3.63) is 34.2 Å². The van der Waals surface area contributed by atoms with Gasteiger partial charge in [-0.05, 0) is 31.4 Å². The first-order valence-corrected chi connectivity index (χ1v) is 9.54. The largest absolute Gasteiger partial charge is 0.350 e. The van der Waals surface area contributed by atoms with Gasteiger partial charge in [-0.1, -0.05) is 11.6 Å². The third-order valence-electron chi connectivity index (χ3n) is 4.17. The zero-order valence-corrected chi connectivity index (χ0v) is 17.4. The Labute approximate surface area is 166 Å². The van der Waals surface area contributed by atoms with Crippen LogP contribution in [-0.4, -0.2) is 31.4 Å². The Balaban J connectivity index is 1.83. The van der Waals surface area contributed by atoms with Crippen LogP contribution in [0.5, 0.6) is 0 Å². The number of benzene rings is 1. The third-order valence-corrected chi connectivity index (χ3v) is 6.44. The molecule has 0 radical (unpaired) electrons. The van der Waals surface area contributed by atoms with Crippen LogP contribution in [0.4, 0.5) is 4.39 Å². The van der Waals surface area contributed by atoms with Gasteiger partial charge in [0.25, 0.3) is 5.91 Å². The van der Waals surface area contributed by atoms with Crippen LogP contribution in [0, 0.1) is 18.7 Å². The fraction of sp³-hybridized carbons (Fsp3) is 0.400. The van der Waals surface area contributed by atoms with Crippen molar-refractivity contribution in [3.8, 4) is 0 Å². The number of fused-ring (bicyclic) bond motifs is 1. The summed E-state index contributed by atoms with van der Waals surface area (Å²) in [5, 5.41) is 3.97. The lowest BCUT2D eigenvalue weighted by Gasteiger charge is -2.11. The molecule has 23 heavy (non-hydrogen) atoms. The van der Waals surface area contributed by atoms with E-state index < -0.39 is 0 Å². The minimum absolute atomic E-state index is 0.185. The zero-order chi connectivity index (χ0) is 16.7. The van der Waals surface area contributed by atoms with Crippen molar-refractivity contribution in [2.24, 2.45) is 5.92 Å². The van der Waals surface area contributed by atoms with E-state index in [0.717, 1.165) is 19.5 Å². The van der Waals surface area contributed by atoms with Crippen LogP contribution in [0.25, 0.3) is 10.9 Å². The van der Waals surface area contributed by atoms with Crippen LogP contribution < -0.4 is 5.32 Å². The molecular weight excluding hydrogens is 546 g/mol. The molecule has 0 aliphatic carbocycles. The van der Waals surface area contributed by atoms with Gasteiger partial charge in [0, 0.05) is 58.5 Å². The van der Waals surface area contributed by atoms with Crippen molar-refractivity contribution >= 4 is 74.1 Å². The predicted octanol–water partition coefficient (Wildman–Crippen LogP) is 4.34. The molecule has 0 unspecified atom stereocenters. The fourth-order valence-corrected chi connectivity index (χ4v) is 4.68. The standard InChI is InChI=1S/C15H15ClFI2N3O/c1-8-11(16)4-10-5-12(22(19)14(10)13(8)17)15(23)20-6-9-2-3-21(18)7-9/h4-5,9H,2-3,6-7H2,1H3,(H,20,23)/t9-/m1/s1. The first-order chi connectivity index (χ1) is 10.9. The predicted molar refractivity (Wildman–Crippen MR) is 107 cm³/mol. The topological polar surface area (TPSA) is 37.3 Å². The molecule has 1 aromatic heterocycles. The molecule has 0 saturated carbocycles. The minimum atomic E-state index is -0.378. The van der Waals surface area contributed by atoms with E-state index in [9.17, 15) is 9.18 Å². The maximum atomic E-state index is 14.4. The Bertz CT molecular complexity index is 780. The van der Waals surface area contributed by atoms with Gasteiger partial charge >= 0.3 is 0 Å². The first kappa shape index (κ1) is 17.7. The second kappa shape index (κ2) is 7.01. The second-order valence-electron chi connectivity index (χ2n) is 5.78. The van der Waals surface area contributed by atoms with E-state index in [1.54, 1.807) is 21.8 Å². The van der Waals surface area contributed by atoms with Crippen molar-refractivity contribution in [3.63, 3.8) is 0 Å². The number of nitrogens with zero attached hydrogens (tertiary/aromatic N) is 2. The lowest BCUT2D eigenvalue weighted by Crippen LogP contribution is -2.30. The number of halogens is 4. The van der Waals surface area contributed by atoms with Gasteiger partial charge < -0.3 is 5.32 Å². The van der Waals surface area contributed by atoms with E-state index in [1.165, 1.54) is 0 Å². The zero-order valence-electron chi connectivity index (χ0n) is 12.4. The van der Waals surface area contributed by atoms with Gasteiger partial charge in [-0.3, -0.25) is 7.58 Å². The Morgan fingerprint density at radius 3 is 2.87 bits per heavy atom. The second-order valence-corrected chi connectivity index (χ2v) is 8.52. The molecule has 1 aliphatic rings. The van der Waals surface area contributed by atoms with Crippen molar-refractivity contribution in [1.29, 1.82) is 0 Å². The highest BCUT2D eigenvalue weighted by Crippen LogP contribution is 2.31. The van der Waals surface area contributed by atoms with E-state index in [0.29, 0.717) is 39.6 Å². The number of aromatic nitrogens is 1. The van der Waals surface area contributed by atoms with Crippen molar-refractivity contribution in [2.75, 3.05) is 19.6 Å². The average molecular weight is 562 g/mol. The lowest BCUT2D eigenvalue weighted by molar-refractivity contribution is 0.0943. The summed E-state index contributed by atoms with van der Waals surface area (Å²) >= 11 is 10.3. The third kappa shape index (κ3) is 3.47. The molecule has 1 fully saturated rings. The summed E-state index contributed by atoms with van der Waals surface area (Å²) in [6.45, 7) is 4.31. The minimum Gasteiger partial charge on any atom is -0.350 e. The molecule has 8 heteroatoms. The first-order valence-electron chi connectivity index (χ1n) is 7.23. The van der Waals surface area contributed by atoms with Gasteiger partial charge in [0.2, 0.25) is 0 Å². The molecule has 1 saturated heterocycles. The molecule has 124 valence electrons. The molecule has 0 spiro atoms. The summed E-state index contributed by atoms with van der Waals surface area (Å²) in [4.78, 5) is 12.4. The van der Waals surface area contributed by atoms with Crippen LogP contribution in [0.3, 0.4) is 0 Å². The Hall–Kier alpha value is -0.130. The van der Waals surface area contributed by atoms with Crippen LogP contribution in [0.2, 0.25) is 5.02 Å². The van der Waals surface area contributed by atoms with E-state index in [1.807, 2.05) is 22.9 Å². The average Bonchev–Trinajstić information content (AvgIpc) is 3.06. The van der Waals surface area contributed by atoms with Gasteiger partial charge in [0.15, 0.2) is 5.82 Å². The Kier molecular flexibility index (Phi) is 5.39. The lowest BCUT2D eigenvalue weighted by atomic mass is 10.1. The number of nitrogens with one attached hydrogen (secondary N) is 1. The summed E-state index contributed by atoms with van der Waals surface area (Å²) < 4.78 is 18.2. The van der Waals surface area contributed by atoms with Crippen molar-refractivity contribution in [1.82, 2.24) is 11.2 Å². The number of hydrogen-bond donors (Lipinski definition) is 1. The Morgan fingerprint density at radius 2 is 2.22 bits per heavy atom. The summed E-state index contributed by atoms with van der Waals surface area (Å²) in [5.41, 5.74) is 1.23. The van der Waals surface area contributed by atoms with Gasteiger partial charge in [0.1, 0.15) is 5.69 Å². The maximum Gasteiger partial charge on any atom is 0.268 e. The van der Waals surface area contributed by atoms with E-state index in [4.69, 9.17) is 11.6 Å². The maximum absolute atomic E-state index is 14.4. The summed E-state index contributed by atoms with van der Waals surface area (Å²) in [6.07, 6.45) is 1.08. The normalized spacial score (nSPS) is 18.7. The highest BCUT2D eigenvalue weighted by Gasteiger charge is 2.23. The molecule has 2 heterocycles. The fourth-order valence-electron chi connectivity index (χ4n) is 2.79. The molecule has 1 aromatic carbocycles. The van der Waals surface area contributed by atoms with E-state index >= 15 is 0 Å². The van der Waals surface area contributed by atoms with Gasteiger partial charge in [-0.2, -0.15) is 0 Å². The number of rotatable bonds is 3. The highest BCUT2D eigenvalue weighted by molar-refractivity contribution is 14.1. The SMILES string of the molecule is Cc1c(Cl)cc2cc(C(=O)NC[C@H]3CCN(I)C3)n(I)c2c1F. The molecule has 0 bridgehead atoms. The number of carbonyl (C=O) groups is 1. The Morgan fingerprint density at radius 1 is 1.48 bits per heavy atom. The number of carbonyl (C=O) groups excluding carboxylic acids is 1.